The van der Waals surface area contributed by atoms with Crippen LogP contribution in [0.25, 0.3) is 0 Å². The van der Waals surface area contributed by atoms with Crippen LogP contribution in [0.2, 0.25) is 10.0 Å². The molecule has 2 heterocycles. The number of nitrogens with zero attached hydrogens (tertiary/aromatic N) is 4. The number of thiocarbonyl (C=S) groups is 2. The van der Waals surface area contributed by atoms with Gasteiger partial charge in [-0.3, -0.25) is 0 Å². The van der Waals surface area contributed by atoms with Gasteiger partial charge in [0.2, 0.25) is 0 Å². The molecule has 0 spiro atoms. The maximum atomic E-state index is 6.00. The highest BCUT2D eigenvalue weighted by Gasteiger charge is 2.06. The van der Waals surface area contributed by atoms with Crippen LogP contribution in [-0.4, -0.2) is 29.8 Å². The summed E-state index contributed by atoms with van der Waals surface area (Å²) in [6, 6.07) is 14.6. The lowest BCUT2D eigenvalue weighted by Gasteiger charge is -2.09. The Morgan fingerprint density at radius 2 is 1.12 bits per heavy atom. The summed E-state index contributed by atoms with van der Waals surface area (Å²) in [6.07, 6.45) is 7.01. The summed E-state index contributed by atoms with van der Waals surface area (Å²) in [5, 5.41) is 23.1. The third-order valence-corrected chi connectivity index (χ3v) is 5.12. The summed E-state index contributed by atoms with van der Waals surface area (Å²) in [6.45, 7) is 0.409. The van der Waals surface area contributed by atoms with Crippen molar-refractivity contribution in [2.24, 2.45) is 0 Å². The third kappa shape index (κ3) is 6.90. The van der Waals surface area contributed by atoms with Crippen molar-refractivity contribution in [2.75, 3.05) is 21.3 Å². The van der Waals surface area contributed by atoms with Crippen molar-refractivity contribution in [3.05, 3.63) is 83.4 Å². The molecule has 0 aliphatic rings. The van der Waals surface area contributed by atoms with E-state index in [0.29, 0.717) is 26.9 Å². The van der Waals surface area contributed by atoms with Gasteiger partial charge in [-0.1, -0.05) is 35.3 Å². The number of nitrogens with one attached hydrogen (secondary N) is 4. The molecule has 0 amide bonds. The Bertz CT molecular complexity index is 1190. The van der Waals surface area contributed by atoms with Crippen LogP contribution < -0.4 is 21.3 Å². The lowest BCUT2D eigenvalue weighted by atomic mass is 10.3. The van der Waals surface area contributed by atoms with Crippen molar-refractivity contribution in [1.82, 2.24) is 19.6 Å². The second-order valence-electron chi connectivity index (χ2n) is 6.86. The van der Waals surface area contributed by atoms with Gasteiger partial charge in [-0.15, -0.1) is 0 Å². The van der Waals surface area contributed by atoms with Gasteiger partial charge in [-0.05, 0) is 60.8 Å². The zero-order valence-electron chi connectivity index (χ0n) is 17.0. The third-order valence-electron chi connectivity index (χ3n) is 4.24. The van der Waals surface area contributed by atoms with Crippen molar-refractivity contribution in [3.63, 3.8) is 0 Å². The number of rotatable bonds is 6. The van der Waals surface area contributed by atoms with Gasteiger partial charge in [-0.25, -0.2) is 9.36 Å². The minimum Gasteiger partial charge on any atom is -0.332 e. The van der Waals surface area contributed by atoms with Gasteiger partial charge in [0.05, 0.1) is 36.2 Å². The monoisotopic (exact) mass is 516 g/mol. The molecule has 33 heavy (non-hydrogen) atoms. The molecule has 0 unspecified atom stereocenters. The topological polar surface area (TPSA) is 83.8 Å². The molecule has 12 heteroatoms. The maximum absolute atomic E-state index is 6.00. The van der Waals surface area contributed by atoms with E-state index in [0.717, 1.165) is 22.7 Å². The normalized spacial score (nSPS) is 10.5. The van der Waals surface area contributed by atoms with Crippen LogP contribution in [0.4, 0.5) is 22.7 Å². The molecule has 0 aliphatic heterocycles. The van der Waals surface area contributed by atoms with Gasteiger partial charge in [-0.2, -0.15) is 10.2 Å². The van der Waals surface area contributed by atoms with Crippen molar-refractivity contribution in [1.29, 1.82) is 0 Å². The summed E-state index contributed by atoms with van der Waals surface area (Å²) in [4.78, 5) is 0. The second kappa shape index (κ2) is 10.6. The summed E-state index contributed by atoms with van der Waals surface area (Å²) in [7, 11) is 0. The SMILES string of the molecule is S=C(Nc1cccc(Cl)c1)Nc1cnn(Cn2cc(NC(=S)Nc3cccc(Cl)c3)cn2)c1. The fraction of sp³-hybridized carbons (Fsp3) is 0.0476. The van der Waals surface area contributed by atoms with E-state index in [1.165, 1.54) is 0 Å². The van der Waals surface area contributed by atoms with E-state index in [9.17, 15) is 0 Å². The molecule has 4 aromatic rings. The molecule has 4 rings (SSSR count). The summed E-state index contributed by atoms with van der Waals surface area (Å²) < 4.78 is 3.45. The number of aromatic nitrogens is 4. The molecule has 0 saturated carbocycles. The zero-order valence-corrected chi connectivity index (χ0v) is 20.1. The Labute approximate surface area is 210 Å². The fourth-order valence-corrected chi connectivity index (χ4v) is 3.73. The highest BCUT2D eigenvalue weighted by Crippen LogP contribution is 2.17. The van der Waals surface area contributed by atoms with Crippen LogP contribution in [0.5, 0.6) is 0 Å². The summed E-state index contributed by atoms with van der Waals surface area (Å²) in [5.41, 5.74) is 3.08. The molecular weight excluding hydrogens is 499 g/mol. The van der Waals surface area contributed by atoms with E-state index in [2.05, 4.69) is 31.5 Å². The van der Waals surface area contributed by atoms with E-state index >= 15 is 0 Å². The van der Waals surface area contributed by atoms with E-state index in [-0.39, 0.29) is 0 Å². The van der Waals surface area contributed by atoms with Gasteiger partial charge < -0.3 is 21.3 Å². The fourth-order valence-electron chi connectivity index (χ4n) is 2.88. The molecule has 0 saturated heterocycles. The predicted molar refractivity (Wildman–Crippen MR) is 142 cm³/mol. The molecule has 4 N–H and O–H groups in total. The standard InChI is InChI=1S/C21H18Cl2N8S2/c22-14-3-1-5-16(7-14)26-20(32)28-18-9-24-30(11-18)13-31-12-19(10-25-31)29-21(33)27-17-6-2-4-15(23)8-17/h1-12H,13H2,(H2,26,28,32)(H2,27,29,33). The van der Waals surface area contributed by atoms with Crippen molar-refractivity contribution in [2.45, 2.75) is 6.67 Å². The van der Waals surface area contributed by atoms with Gasteiger partial charge in [0.25, 0.3) is 0 Å². The molecule has 2 aromatic carbocycles. The van der Waals surface area contributed by atoms with Gasteiger partial charge in [0, 0.05) is 21.4 Å². The Balaban J connectivity index is 1.28. The van der Waals surface area contributed by atoms with Crippen molar-refractivity contribution >= 4 is 80.6 Å². The molecule has 0 fully saturated rings. The van der Waals surface area contributed by atoms with E-state index in [4.69, 9.17) is 47.6 Å². The van der Waals surface area contributed by atoms with Gasteiger partial charge in [0.15, 0.2) is 10.2 Å². The quantitative estimate of drug-likeness (QED) is 0.249. The Morgan fingerprint density at radius 1 is 0.697 bits per heavy atom. The molecule has 8 nitrogen and oxygen atoms in total. The number of anilines is 4. The molecule has 168 valence electrons. The number of hydrogen-bond donors (Lipinski definition) is 4. The first kappa shape index (κ1) is 23.0. The van der Waals surface area contributed by atoms with Gasteiger partial charge in [0.1, 0.15) is 6.67 Å². The number of hydrogen-bond acceptors (Lipinski definition) is 4. The average Bonchev–Trinajstić information content (AvgIpc) is 3.37. The molecule has 2 aromatic heterocycles. The minimum absolute atomic E-state index is 0.409. The van der Waals surface area contributed by atoms with Crippen LogP contribution in [0.15, 0.2) is 73.3 Å². The molecule has 0 atom stereocenters. The van der Waals surface area contributed by atoms with E-state index < -0.39 is 0 Å². The predicted octanol–water partition coefficient (Wildman–Crippen LogP) is 5.51. The maximum Gasteiger partial charge on any atom is 0.175 e. The average molecular weight is 517 g/mol. The van der Waals surface area contributed by atoms with Crippen LogP contribution in [0.3, 0.4) is 0 Å². The lowest BCUT2D eigenvalue weighted by molar-refractivity contribution is 0.503. The van der Waals surface area contributed by atoms with Crippen LogP contribution in [0.1, 0.15) is 0 Å². The van der Waals surface area contributed by atoms with E-state index in [1.807, 2.05) is 36.7 Å². The first-order valence-corrected chi connectivity index (χ1v) is 11.2. The lowest BCUT2D eigenvalue weighted by Crippen LogP contribution is -2.19. The smallest absolute Gasteiger partial charge is 0.175 e. The largest absolute Gasteiger partial charge is 0.332 e. The van der Waals surface area contributed by atoms with Gasteiger partial charge >= 0.3 is 0 Å². The molecule has 0 bridgehead atoms. The second-order valence-corrected chi connectivity index (χ2v) is 8.55. The molecule has 0 radical (unpaired) electrons. The van der Waals surface area contributed by atoms with Crippen LogP contribution in [-0.2, 0) is 6.67 Å². The summed E-state index contributed by atoms with van der Waals surface area (Å²) in [5.74, 6) is 0. The minimum atomic E-state index is 0.409. The highest BCUT2D eigenvalue weighted by atomic mass is 35.5. The highest BCUT2D eigenvalue weighted by molar-refractivity contribution is 7.81. The summed E-state index contributed by atoms with van der Waals surface area (Å²) >= 11 is 22.7. The first-order chi connectivity index (χ1) is 15.9. The van der Waals surface area contributed by atoms with Crippen LogP contribution in [0, 0.1) is 0 Å². The van der Waals surface area contributed by atoms with Crippen molar-refractivity contribution in [3.8, 4) is 0 Å². The number of halogens is 2. The molecule has 0 aliphatic carbocycles. The Kier molecular flexibility index (Phi) is 7.40. The number of benzene rings is 2. The Hall–Kier alpha value is -3.18. The van der Waals surface area contributed by atoms with E-state index in [1.54, 1.807) is 46.0 Å². The van der Waals surface area contributed by atoms with Crippen molar-refractivity contribution < 1.29 is 0 Å². The molecular formula is C21H18Cl2N8S2. The Morgan fingerprint density at radius 3 is 1.55 bits per heavy atom. The first-order valence-electron chi connectivity index (χ1n) is 9.65. The van der Waals surface area contributed by atoms with Crippen LogP contribution >= 0.6 is 47.6 Å². The zero-order chi connectivity index (χ0) is 23.2.